The minimum atomic E-state index is -2.87. The van der Waals surface area contributed by atoms with Crippen LogP contribution in [0.25, 0.3) is 0 Å². The first-order valence-corrected chi connectivity index (χ1v) is 9.29. The third-order valence-electron chi connectivity index (χ3n) is 4.52. The predicted molar refractivity (Wildman–Crippen MR) is 101 cm³/mol. The number of benzene rings is 1. The van der Waals surface area contributed by atoms with Crippen molar-refractivity contribution in [1.29, 1.82) is 0 Å². The zero-order valence-electron chi connectivity index (χ0n) is 15.3. The summed E-state index contributed by atoms with van der Waals surface area (Å²) in [5.41, 5.74) is 0.551. The average Bonchev–Trinajstić information content (AvgIpc) is 2.63. The maximum absolute atomic E-state index is 12.5. The number of hydrogen-bond donors (Lipinski definition) is 2. The van der Waals surface area contributed by atoms with E-state index >= 15 is 0 Å². The second kappa shape index (κ2) is 10.5. The maximum Gasteiger partial charge on any atom is 0.387 e. The van der Waals surface area contributed by atoms with Crippen LogP contribution in [0, 0.1) is 5.92 Å². The highest BCUT2D eigenvalue weighted by atomic mass is 35.5. The number of guanidine groups is 1. The first-order chi connectivity index (χ1) is 12.5. The van der Waals surface area contributed by atoms with E-state index in [4.69, 9.17) is 11.6 Å². The minimum Gasteiger partial charge on any atom is -0.434 e. The van der Waals surface area contributed by atoms with E-state index in [0.717, 1.165) is 19.6 Å². The standard InChI is InChI=1S/C18H27ClF2N4O/c1-3-25-8-4-5-13(12-25)10-23-18(22-2)24-11-14-9-15(19)6-7-16(14)26-17(20)21/h6-7,9,13,17H,3-5,8,10-12H2,1-2H3,(H2,22,23,24). The molecular formula is C18H27ClF2N4O. The highest BCUT2D eigenvalue weighted by Crippen LogP contribution is 2.24. The molecule has 0 aromatic heterocycles. The van der Waals surface area contributed by atoms with E-state index in [-0.39, 0.29) is 12.3 Å². The summed E-state index contributed by atoms with van der Waals surface area (Å²) in [7, 11) is 1.68. The van der Waals surface area contributed by atoms with Crippen LogP contribution in [-0.2, 0) is 6.54 Å². The number of piperidine rings is 1. The molecule has 1 heterocycles. The number of rotatable bonds is 7. The second-order valence-corrected chi connectivity index (χ2v) is 6.78. The monoisotopic (exact) mass is 388 g/mol. The van der Waals surface area contributed by atoms with Crippen LogP contribution >= 0.6 is 11.6 Å². The molecule has 0 amide bonds. The fourth-order valence-corrected chi connectivity index (χ4v) is 3.34. The minimum absolute atomic E-state index is 0.109. The Kier molecular flexibility index (Phi) is 8.38. The molecule has 1 saturated heterocycles. The number of nitrogens with one attached hydrogen (secondary N) is 2. The lowest BCUT2D eigenvalue weighted by Gasteiger charge is -2.32. The van der Waals surface area contributed by atoms with E-state index in [2.05, 4.69) is 32.2 Å². The van der Waals surface area contributed by atoms with Gasteiger partial charge in [0.25, 0.3) is 0 Å². The molecule has 1 aliphatic rings. The molecule has 0 bridgehead atoms. The number of hydrogen-bond acceptors (Lipinski definition) is 3. The van der Waals surface area contributed by atoms with Crippen molar-refractivity contribution in [2.45, 2.75) is 32.9 Å². The fraction of sp³-hybridized carbons (Fsp3) is 0.611. The van der Waals surface area contributed by atoms with E-state index in [1.165, 1.54) is 31.5 Å². The van der Waals surface area contributed by atoms with Gasteiger partial charge in [0.1, 0.15) is 5.75 Å². The van der Waals surface area contributed by atoms with Gasteiger partial charge >= 0.3 is 6.61 Å². The van der Waals surface area contributed by atoms with Crippen molar-refractivity contribution in [2.24, 2.45) is 10.9 Å². The van der Waals surface area contributed by atoms with Crippen LogP contribution in [0.1, 0.15) is 25.3 Å². The van der Waals surface area contributed by atoms with Gasteiger partial charge in [-0.3, -0.25) is 4.99 Å². The Balaban J connectivity index is 1.88. The summed E-state index contributed by atoms with van der Waals surface area (Å²) in [6.45, 7) is 3.74. The van der Waals surface area contributed by atoms with Crippen LogP contribution in [-0.4, -0.2) is 50.7 Å². The van der Waals surface area contributed by atoms with Crippen LogP contribution in [0.2, 0.25) is 5.02 Å². The van der Waals surface area contributed by atoms with Gasteiger partial charge in [-0.25, -0.2) is 0 Å². The fourth-order valence-electron chi connectivity index (χ4n) is 3.14. The number of halogens is 3. The molecule has 2 rings (SSSR count). The van der Waals surface area contributed by atoms with Crippen molar-refractivity contribution >= 4 is 17.6 Å². The van der Waals surface area contributed by atoms with E-state index < -0.39 is 6.61 Å². The van der Waals surface area contributed by atoms with Crippen LogP contribution < -0.4 is 15.4 Å². The number of nitrogens with zero attached hydrogens (tertiary/aromatic N) is 2. The van der Waals surface area contributed by atoms with Gasteiger partial charge in [0, 0.05) is 37.3 Å². The summed E-state index contributed by atoms with van der Waals surface area (Å²) in [6.07, 6.45) is 2.41. The largest absolute Gasteiger partial charge is 0.434 e. The molecule has 1 aliphatic heterocycles. The van der Waals surface area contributed by atoms with E-state index in [0.29, 0.717) is 22.5 Å². The van der Waals surface area contributed by atoms with Gasteiger partial charge in [-0.15, -0.1) is 0 Å². The number of ether oxygens (including phenoxy) is 1. The number of likely N-dealkylation sites (tertiary alicyclic amines) is 1. The topological polar surface area (TPSA) is 48.9 Å². The summed E-state index contributed by atoms with van der Waals surface area (Å²) in [4.78, 5) is 6.65. The van der Waals surface area contributed by atoms with Crippen molar-refractivity contribution in [3.05, 3.63) is 28.8 Å². The summed E-state index contributed by atoms with van der Waals surface area (Å²) >= 11 is 5.97. The van der Waals surface area contributed by atoms with Crippen molar-refractivity contribution in [3.63, 3.8) is 0 Å². The van der Waals surface area contributed by atoms with Gasteiger partial charge in [0.05, 0.1) is 0 Å². The Morgan fingerprint density at radius 2 is 2.23 bits per heavy atom. The molecule has 2 N–H and O–H groups in total. The molecule has 5 nitrogen and oxygen atoms in total. The van der Waals surface area contributed by atoms with Crippen LogP contribution in [0.4, 0.5) is 8.78 Å². The molecule has 0 aliphatic carbocycles. The molecule has 146 valence electrons. The van der Waals surface area contributed by atoms with Crippen LogP contribution in [0.5, 0.6) is 5.75 Å². The quantitative estimate of drug-likeness (QED) is 0.555. The molecule has 1 aromatic rings. The second-order valence-electron chi connectivity index (χ2n) is 6.34. The molecular weight excluding hydrogens is 362 g/mol. The third-order valence-corrected chi connectivity index (χ3v) is 4.75. The Morgan fingerprint density at radius 1 is 1.42 bits per heavy atom. The summed E-state index contributed by atoms with van der Waals surface area (Å²) in [5, 5.41) is 6.92. The van der Waals surface area contributed by atoms with Gasteiger partial charge in [-0.1, -0.05) is 18.5 Å². The Hall–Kier alpha value is -1.60. The van der Waals surface area contributed by atoms with Crippen molar-refractivity contribution in [2.75, 3.05) is 33.2 Å². The van der Waals surface area contributed by atoms with Crippen LogP contribution in [0.3, 0.4) is 0 Å². The van der Waals surface area contributed by atoms with E-state index in [9.17, 15) is 8.78 Å². The molecule has 8 heteroatoms. The van der Waals surface area contributed by atoms with E-state index in [1.807, 2.05) is 0 Å². The lowest BCUT2D eigenvalue weighted by molar-refractivity contribution is -0.0504. The SMILES string of the molecule is CCN1CCCC(CNC(=NC)NCc2cc(Cl)ccc2OC(F)F)C1. The zero-order valence-corrected chi connectivity index (χ0v) is 16.0. The molecule has 0 radical (unpaired) electrons. The smallest absolute Gasteiger partial charge is 0.387 e. The highest BCUT2D eigenvalue weighted by Gasteiger charge is 2.19. The molecule has 1 atom stereocenters. The predicted octanol–water partition coefficient (Wildman–Crippen LogP) is 3.34. The van der Waals surface area contributed by atoms with Gasteiger partial charge in [-0.05, 0) is 50.0 Å². The van der Waals surface area contributed by atoms with Crippen molar-refractivity contribution < 1.29 is 13.5 Å². The highest BCUT2D eigenvalue weighted by molar-refractivity contribution is 6.30. The Labute approximate surface area is 158 Å². The Morgan fingerprint density at radius 3 is 2.92 bits per heavy atom. The van der Waals surface area contributed by atoms with Gasteiger partial charge < -0.3 is 20.3 Å². The average molecular weight is 389 g/mol. The summed E-state index contributed by atoms with van der Waals surface area (Å²) in [6, 6.07) is 4.58. The molecule has 1 unspecified atom stereocenters. The van der Waals surface area contributed by atoms with Crippen molar-refractivity contribution in [3.8, 4) is 5.75 Å². The maximum atomic E-state index is 12.5. The van der Waals surface area contributed by atoms with Gasteiger partial charge in [-0.2, -0.15) is 8.78 Å². The third kappa shape index (κ3) is 6.61. The van der Waals surface area contributed by atoms with Gasteiger partial charge in [0.15, 0.2) is 5.96 Å². The number of aliphatic imine (C=N–C) groups is 1. The Bertz CT molecular complexity index is 601. The first kappa shape index (κ1) is 20.7. The molecule has 1 fully saturated rings. The summed E-state index contributed by atoms with van der Waals surface area (Å²) in [5.74, 6) is 1.31. The van der Waals surface area contributed by atoms with Crippen LogP contribution in [0.15, 0.2) is 23.2 Å². The normalized spacial score (nSPS) is 18.8. The van der Waals surface area contributed by atoms with E-state index in [1.54, 1.807) is 13.1 Å². The first-order valence-electron chi connectivity index (χ1n) is 8.92. The molecule has 26 heavy (non-hydrogen) atoms. The lowest BCUT2D eigenvalue weighted by Crippen LogP contribution is -2.44. The van der Waals surface area contributed by atoms with Crippen molar-refractivity contribution in [1.82, 2.24) is 15.5 Å². The van der Waals surface area contributed by atoms with Gasteiger partial charge in [0.2, 0.25) is 0 Å². The molecule has 0 spiro atoms. The molecule has 1 aromatic carbocycles. The summed E-state index contributed by atoms with van der Waals surface area (Å²) < 4.78 is 29.6. The molecule has 0 saturated carbocycles. The zero-order chi connectivity index (χ0) is 18.9. The lowest BCUT2D eigenvalue weighted by atomic mass is 9.98. The number of alkyl halides is 2.